The number of anilines is 1. The number of fused-ring (bicyclic) bond motifs is 2. The predicted molar refractivity (Wildman–Crippen MR) is 133 cm³/mol. The van der Waals surface area contributed by atoms with E-state index in [2.05, 4.69) is 59.3 Å². The number of aliphatic hydroxyl groups is 1. The molecular formula is C28H35N3O2. The molecule has 2 heterocycles. The van der Waals surface area contributed by atoms with E-state index in [0.717, 1.165) is 50.1 Å². The molecule has 174 valence electrons. The lowest BCUT2D eigenvalue weighted by molar-refractivity contribution is 0.0521. The van der Waals surface area contributed by atoms with Crippen molar-refractivity contribution in [3.63, 3.8) is 0 Å². The molecule has 5 heteroatoms. The Balaban J connectivity index is 1.26. The third kappa shape index (κ3) is 4.85. The van der Waals surface area contributed by atoms with Crippen molar-refractivity contribution in [2.45, 2.75) is 44.8 Å². The van der Waals surface area contributed by atoms with Gasteiger partial charge in [0.05, 0.1) is 11.7 Å². The van der Waals surface area contributed by atoms with Crippen LogP contribution in [0.2, 0.25) is 0 Å². The van der Waals surface area contributed by atoms with Gasteiger partial charge in [0.15, 0.2) is 0 Å². The minimum Gasteiger partial charge on any atom is -0.390 e. The van der Waals surface area contributed by atoms with E-state index < -0.39 is 6.10 Å². The molecule has 3 aliphatic rings. The Kier molecular flexibility index (Phi) is 6.52. The summed E-state index contributed by atoms with van der Waals surface area (Å²) in [6, 6.07) is 14.8. The van der Waals surface area contributed by atoms with Crippen LogP contribution in [0.1, 0.15) is 52.7 Å². The molecule has 5 nitrogen and oxygen atoms in total. The second kappa shape index (κ2) is 9.70. The fourth-order valence-electron chi connectivity index (χ4n) is 5.49. The van der Waals surface area contributed by atoms with Crippen LogP contribution in [0.5, 0.6) is 0 Å². The van der Waals surface area contributed by atoms with Gasteiger partial charge < -0.3 is 14.9 Å². The van der Waals surface area contributed by atoms with Crippen LogP contribution in [0.4, 0.5) is 5.69 Å². The van der Waals surface area contributed by atoms with Gasteiger partial charge in [0.1, 0.15) is 0 Å². The second-order valence-corrected chi connectivity index (χ2v) is 9.79. The number of β-amino-alcohol motifs (C(OH)–C–C–N with tert-alkyl or cyclic N) is 1. The van der Waals surface area contributed by atoms with Crippen LogP contribution in [0.25, 0.3) is 5.57 Å². The number of likely N-dealkylation sites (N-methyl/N-ethyl adjacent to an activating group) is 1. The highest BCUT2D eigenvalue weighted by Crippen LogP contribution is 2.32. The summed E-state index contributed by atoms with van der Waals surface area (Å²) in [5, 5.41) is 10.9. The van der Waals surface area contributed by atoms with Gasteiger partial charge in [-0.3, -0.25) is 9.69 Å². The van der Waals surface area contributed by atoms with Crippen LogP contribution < -0.4 is 4.90 Å². The van der Waals surface area contributed by atoms with E-state index in [1.807, 2.05) is 11.0 Å². The third-order valence-electron chi connectivity index (χ3n) is 7.40. The largest absolute Gasteiger partial charge is 0.390 e. The normalized spacial score (nSPS) is 20.1. The van der Waals surface area contributed by atoms with Crippen molar-refractivity contribution in [1.29, 1.82) is 0 Å². The highest BCUT2D eigenvalue weighted by atomic mass is 16.3. The van der Waals surface area contributed by atoms with Gasteiger partial charge in [-0.1, -0.05) is 36.4 Å². The lowest BCUT2D eigenvalue weighted by Gasteiger charge is -2.32. The van der Waals surface area contributed by atoms with E-state index in [1.165, 1.54) is 35.1 Å². The molecule has 1 amide bonds. The zero-order valence-electron chi connectivity index (χ0n) is 19.7. The summed E-state index contributed by atoms with van der Waals surface area (Å²) in [7, 11) is 2.07. The molecule has 5 rings (SSSR count). The predicted octanol–water partition coefficient (Wildman–Crippen LogP) is 3.96. The number of nitrogens with zero attached hydrogens (tertiary/aromatic N) is 3. The summed E-state index contributed by atoms with van der Waals surface area (Å²) in [6.45, 7) is 4.18. The average Bonchev–Trinajstić information content (AvgIpc) is 2.96. The first kappa shape index (κ1) is 22.2. The molecule has 2 aromatic rings. The Morgan fingerprint density at radius 1 is 0.970 bits per heavy atom. The van der Waals surface area contributed by atoms with E-state index in [-0.39, 0.29) is 5.91 Å². The van der Waals surface area contributed by atoms with Crippen LogP contribution in [-0.4, -0.2) is 66.7 Å². The number of hydrogen-bond donors (Lipinski definition) is 1. The minimum absolute atomic E-state index is 0.0292. The van der Waals surface area contributed by atoms with Crippen molar-refractivity contribution < 1.29 is 9.90 Å². The van der Waals surface area contributed by atoms with Gasteiger partial charge >= 0.3 is 0 Å². The minimum atomic E-state index is -0.558. The smallest absolute Gasteiger partial charge is 0.256 e. The monoisotopic (exact) mass is 445 g/mol. The fourth-order valence-corrected chi connectivity index (χ4v) is 5.49. The Bertz CT molecular complexity index is 1050. The number of aliphatic hydroxyl groups excluding tert-OH is 1. The molecule has 0 spiro atoms. The van der Waals surface area contributed by atoms with Crippen molar-refractivity contribution >= 4 is 17.2 Å². The molecule has 33 heavy (non-hydrogen) atoms. The number of carbonyl (C=O) groups is 1. The van der Waals surface area contributed by atoms with Crippen molar-refractivity contribution in [2.75, 3.05) is 44.7 Å². The second-order valence-electron chi connectivity index (χ2n) is 9.79. The standard InChI is InChI=1S/C28H35N3O2/c1-29-15-16-31(20-25(32)19-30-14-13-22-9-5-6-10-24(22)18-30)28(33)26-12-11-23(17-27(26)29)21-7-3-2-4-8-21/h5-7,9-12,17,25,32H,2-4,8,13-16,18-20H2,1H3/t25-/m1/s1. The van der Waals surface area contributed by atoms with Gasteiger partial charge in [0.2, 0.25) is 0 Å². The molecule has 1 N–H and O–H groups in total. The molecule has 2 aliphatic heterocycles. The summed E-state index contributed by atoms with van der Waals surface area (Å²) in [6.07, 6.45) is 7.59. The lowest BCUT2D eigenvalue weighted by Crippen LogP contribution is -2.44. The van der Waals surface area contributed by atoms with E-state index in [4.69, 9.17) is 0 Å². The Morgan fingerprint density at radius 3 is 2.64 bits per heavy atom. The first-order chi connectivity index (χ1) is 16.1. The molecule has 0 saturated heterocycles. The summed E-state index contributed by atoms with van der Waals surface area (Å²) < 4.78 is 0. The van der Waals surface area contributed by atoms with E-state index >= 15 is 0 Å². The molecular weight excluding hydrogens is 410 g/mol. The van der Waals surface area contributed by atoms with Crippen LogP contribution in [0, 0.1) is 0 Å². The van der Waals surface area contributed by atoms with Crippen LogP contribution in [0.3, 0.4) is 0 Å². The third-order valence-corrected chi connectivity index (χ3v) is 7.40. The Morgan fingerprint density at radius 2 is 1.82 bits per heavy atom. The number of hydrogen-bond acceptors (Lipinski definition) is 4. The van der Waals surface area contributed by atoms with E-state index in [0.29, 0.717) is 19.6 Å². The summed E-state index contributed by atoms with van der Waals surface area (Å²) in [5.41, 5.74) is 7.16. The molecule has 0 saturated carbocycles. The van der Waals surface area contributed by atoms with Gasteiger partial charge in [0, 0.05) is 52.0 Å². The average molecular weight is 446 g/mol. The highest BCUT2D eigenvalue weighted by Gasteiger charge is 2.28. The van der Waals surface area contributed by atoms with Crippen molar-refractivity contribution in [2.24, 2.45) is 0 Å². The van der Waals surface area contributed by atoms with Crippen molar-refractivity contribution in [1.82, 2.24) is 9.80 Å². The highest BCUT2D eigenvalue weighted by molar-refractivity contribution is 6.01. The van der Waals surface area contributed by atoms with Gasteiger partial charge in [-0.15, -0.1) is 0 Å². The molecule has 0 radical (unpaired) electrons. The maximum absolute atomic E-state index is 13.4. The molecule has 2 aromatic carbocycles. The zero-order valence-corrected chi connectivity index (χ0v) is 19.7. The zero-order chi connectivity index (χ0) is 22.8. The van der Waals surface area contributed by atoms with Crippen molar-refractivity contribution in [3.05, 3.63) is 70.8 Å². The molecule has 1 atom stereocenters. The molecule has 0 fully saturated rings. The molecule has 0 bridgehead atoms. The number of allylic oxidation sites excluding steroid dienone is 2. The van der Waals surface area contributed by atoms with Crippen molar-refractivity contribution in [3.8, 4) is 0 Å². The topological polar surface area (TPSA) is 47.0 Å². The number of amides is 1. The summed E-state index contributed by atoms with van der Waals surface area (Å²) in [5.74, 6) is 0.0292. The number of benzene rings is 2. The van der Waals surface area contributed by atoms with Crippen LogP contribution in [0.15, 0.2) is 48.5 Å². The quantitative estimate of drug-likeness (QED) is 0.757. The first-order valence-electron chi connectivity index (χ1n) is 12.4. The maximum atomic E-state index is 13.4. The number of carbonyl (C=O) groups excluding carboxylic acids is 1. The van der Waals surface area contributed by atoms with Crippen LogP contribution >= 0.6 is 0 Å². The first-order valence-corrected chi connectivity index (χ1v) is 12.4. The lowest BCUT2D eigenvalue weighted by atomic mass is 9.92. The van der Waals surface area contributed by atoms with Crippen LogP contribution in [-0.2, 0) is 13.0 Å². The van der Waals surface area contributed by atoms with E-state index in [9.17, 15) is 9.90 Å². The Hall–Kier alpha value is -2.63. The molecule has 1 aliphatic carbocycles. The molecule has 0 unspecified atom stereocenters. The number of rotatable bonds is 5. The Labute approximate surface area is 197 Å². The van der Waals surface area contributed by atoms with Gasteiger partial charge in [-0.05, 0) is 66.5 Å². The fraction of sp³-hybridized carbons (Fsp3) is 0.464. The van der Waals surface area contributed by atoms with Gasteiger partial charge in [0.25, 0.3) is 5.91 Å². The summed E-state index contributed by atoms with van der Waals surface area (Å²) >= 11 is 0. The van der Waals surface area contributed by atoms with Gasteiger partial charge in [-0.2, -0.15) is 0 Å². The SMILES string of the molecule is CN1CCN(C[C@H](O)CN2CCc3ccccc3C2)C(=O)c2ccc(C3=CCCCC3)cc21. The maximum Gasteiger partial charge on any atom is 0.256 e. The van der Waals surface area contributed by atoms with Gasteiger partial charge in [-0.25, -0.2) is 0 Å². The molecule has 0 aromatic heterocycles. The summed E-state index contributed by atoms with van der Waals surface area (Å²) in [4.78, 5) is 19.8. The van der Waals surface area contributed by atoms with E-state index in [1.54, 1.807) is 0 Å².